The smallest absolute Gasteiger partial charge is 0.325 e. The SMILES string of the molecule is COc1ccccc1CNC(=O)CN1C(=O)N[C@@]2(CCCC[C@H]2C)C1=O. The molecule has 2 N–H and O–H groups in total. The molecule has 2 aliphatic rings. The van der Waals surface area contributed by atoms with Crippen molar-refractivity contribution >= 4 is 17.8 Å². The lowest BCUT2D eigenvalue weighted by atomic mass is 9.73. The van der Waals surface area contributed by atoms with Gasteiger partial charge in [-0.25, -0.2) is 4.79 Å². The summed E-state index contributed by atoms with van der Waals surface area (Å²) in [6, 6.07) is 6.90. The van der Waals surface area contributed by atoms with Gasteiger partial charge in [-0.15, -0.1) is 0 Å². The normalized spacial score (nSPS) is 25.3. The molecule has 0 bridgehead atoms. The predicted octanol–water partition coefficient (Wildman–Crippen LogP) is 1.81. The van der Waals surface area contributed by atoms with Crippen LogP contribution in [-0.4, -0.2) is 41.9 Å². The fraction of sp³-hybridized carbons (Fsp3) is 0.526. The van der Waals surface area contributed by atoms with E-state index >= 15 is 0 Å². The maximum Gasteiger partial charge on any atom is 0.325 e. The average Bonchev–Trinajstić information content (AvgIpc) is 2.87. The molecule has 7 heteroatoms. The molecular weight excluding hydrogens is 334 g/mol. The number of nitrogens with zero attached hydrogens (tertiary/aromatic N) is 1. The zero-order valence-corrected chi connectivity index (χ0v) is 15.2. The van der Waals surface area contributed by atoms with Gasteiger partial charge in [0.15, 0.2) is 0 Å². The van der Waals surface area contributed by atoms with Crippen molar-refractivity contribution in [3.05, 3.63) is 29.8 Å². The molecule has 1 spiro atoms. The number of hydrogen-bond acceptors (Lipinski definition) is 4. The highest BCUT2D eigenvalue weighted by Crippen LogP contribution is 2.38. The van der Waals surface area contributed by atoms with Crippen molar-refractivity contribution in [2.45, 2.75) is 44.7 Å². The highest BCUT2D eigenvalue weighted by atomic mass is 16.5. The molecule has 3 rings (SSSR count). The molecule has 1 saturated carbocycles. The van der Waals surface area contributed by atoms with Crippen LogP contribution in [0, 0.1) is 5.92 Å². The van der Waals surface area contributed by atoms with Crippen LogP contribution in [0.2, 0.25) is 0 Å². The molecule has 1 aliphatic carbocycles. The first-order valence-corrected chi connectivity index (χ1v) is 9.00. The molecule has 7 nitrogen and oxygen atoms in total. The summed E-state index contributed by atoms with van der Waals surface area (Å²) in [5.74, 6) is 0.106. The Bertz CT molecular complexity index is 720. The number of hydrogen-bond donors (Lipinski definition) is 2. The molecule has 1 aliphatic heterocycles. The van der Waals surface area contributed by atoms with Gasteiger partial charge < -0.3 is 15.4 Å². The second-order valence-electron chi connectivity index (χ2n) is 7.03. The van der Waals surface area contributed by atoms with Gasteiger partial charge >= 0.3 is 6.03 Å². The summed E-state index contributed by atoms with van der Waals surface area (Å²) < 4.78 is 5.25. The summed E-state index contributed by atoms with van der Waals surface area (Å²) >= 11 is 0. The number of nitrogens with one attached hydrogen (secondary N) is 2. The van der Waals surface area contributed by atoms with Gasteiger partial charge in [-0.05, 0) is 24.8 Å². The lowest BCUT2D eigenvalue weighted by Crippen LogP contribution is -2.54. The molecule has 26 heavy (non-hydrogen) atoms. The van der Waals surface area contributed by atoms with E-state index in [0.29, 0.717) is 12.2 Å². The number of carbonyl (C=O) groups excluding carboxylic acids is 3. The number of methoxy groups -OCH3 is 1. The van der Waals surface area contributed by atoms with E-state index in [1.807, 2.05) is 31.2 Å². The van der Waals surface area contributed by atoms with Gasteiger partial charge in [0.2, 0.25) is 5.91 Å². The van der Waals surface area contributed by atoms with Gasteiger partial charge in [-0.1, -0.05) is 38.0 Å². The highest BCUT2D eigenvalue weighted by molar-refractivity contribution is 6.09. The summed E-state index contributed by atoms with van der Waals surface area (Å²) in [6.45, 7) is 1.99. The fourth-order valence-corrected chi connectivity index (χ4v) is 3.88. The van der Waals surface area contributed by atoms with Crippen molar-refractivity contribution in [1.82, 2.24) is 15.5 Å². The quantitative estimate of drug-likeness (QED) is 0.785. The number of benzene rings is 1. The topological polar surface area (TPSA) is 87.7 Å². The Morgan fingerprint density at radius 1 is 1.35 bits per heavy atom. The largest absolute Gasteiger partial charge is 0.496 e. The molecule has 0 unspecified atom stereocenters. The molecule has 2 atom stereocenters. The third-order valence-electron chi connectivity index (χ3n) is 5.47. The lowest BCUT2D eigenvalue weighted by Gasteiger charge is -2.36. The standard InChI is InChI=1S/C19H25N3O4/c1-13-7-5-6-10-19(13)17(24)22(18(25)21-19)12-16(23)20-11-14-8-3-4-9-15(14)26-2/h3-4,8-9,13H,5-7,10-12H2,1-2H3,(H,20,23)(H,21,25)/t13-,19-/m1/s1. The summed E-state index contributed by atoms with van der Waals surface area (Å²) in [6.07, 6.45) is 3.51. The Hall–Kier alpha value is -2.57. The lowest BCUT2D eigenvalue weighted by molar-refractivity contribution is -0.137. The molecule has 0 aromatic heterocycles. The van der Waals surface area contributed by atoms with E-state index in [2.05, 4.69) is 10.6 Å². The highest BCUT2D eigenvalue weighted by Gasteiger charge is 2.55. The van der Waals surface area contributed by atoms with Gasteiger partial charge in [0, 0.05) is 12.1 Å². The van der Waals surface area contributed by atoms with Gasteiger partial charge in [0.1, 0.15) is 17.8 Å². The van der Waals surface area contributed by atoms with Crippen molar-refractivity contribution in [3.8, 4) is 5.75 Å². The molecule has 4 amide bonds. The molecular formula is C19H25N3O4. The van der Waals surface area contributed by atoms with E-state index in [1.165, 1.54) is 0 Å². The summed E-state index contributed by atoms with van der Waals surface area (Å²) in [7, 11) is 1.57. The van der Waals surface area contributed by atoms with Crippen LogP contribution in [0.3, 0.4) is 0 Å². The zero-order chi connectivity index (χ0) is 18.7. The van der Waals surface area contributed by atoms with Crippen molar-refractivity contribution in [3.63, 3.8) is 0 Å². The van der Waals surface area contributed by atoms with Crippen molar-refractivity contribution in [2.24, 2.45) is 5.92 Å². The average molecular weight is 359 g/mol. The Kier molecular flexibility index (Phi) is 5.15. The van der Waals surface area contributed by atoms with Crippen molar-refractivity contribution < 1.29 is 19.1 Å². The second kappa shape index (κ2) is 7.35. The third-order valence-corrected chi connectivity index (χ3v) is 5.47. The fourth-order valence-electron chi connectivity index (χ4n) is 3.88. The van der Waals surface area contributed by atoms with Crippen LogP contribution in [-0.2, 0) is 16.1 Å². The van der Waals surface area contributed by atoms with E-state index < -0.39 is 11.6 Å². The first kappa shape index (κ1) is 18.2. The predicted molar refractivity (Wildman–Crippen MR) is 95.4 cm³/mol. The summed E-state index contributed by atoms with van der Waals surface area (Å²) in [5.41, 5.74) is -0.00365. The van der Waals surface area contributed by atoms with Gasteiger partial charge in [-0.2, -0.15) is 0 Å². The van der Waals surface area contributed by atoms with Crippen molar-refractivity contribution in [1.29, 1.82) is 0 Å². The molecule has 140 valence electrons. The van der Waals surface area contributed by atoms with Gasteiger partial charge in [0.05, 0.1) is 7.11 Å². The number of carbonyl (C=O) groups is 3. The van der Waals surface area contributed by atoms with E-state index in [1.54, 1.807) is 7.11 Å². The first-order valence-electron chi connectivity index (χ1n) is 9.00. The first-order chi connectivity index (χ1) is 12.5. The minimum Gasteiger partial charge on any atom is -0.496 e. The van der Waals surface area contributed by atoms with E-state index in [4.69, 9.17) is 4.74 Å². The monoisotopic (exact) mass is 359 g/mol. The van der Waals surface area contributed by atoms with E-state index in [0.717, 1.165) is 29.7 Å². The Balaban J connectivity index is 1.62. The summed E-state index contributed by atoms with van der Waals surface area (Å²) in [4.78, 5) is 38.5. The number of urea groups is 1. The summed E-state index contributed by atoms with van der Waals surface area (Å²) in [5, 5.41) is 5.61. The molecule has 1 heterocycles. The second-order valence-corrected chi connectivity index (χ2v) is 7.03. The number of ether oxygens (including phenoxy) is 1. The minimum absolute atomic E-state index is 0.0781. The third kappa shape index (κ3) is 3.25. The molecule has 1 aromatic carbocycles. The van der Waals surface area contributed by atoms with Gasteiger partial charge in [-0.3, -0.25) is 14.5 Å². The van der Waals surface area contributed by atoms with Crippen LogP contribution in [0.5, 0.6) is 5.75 Å². The number of rotatable bonds is 5. The van der Waals surface area contributed by atoms with E-state index in [-0.39, 0.29) is 30.8 Å². The zero-order valence-electron chi connectivity index (χ0n) is 15.2. The Morgan fingerprint density at radius 2 is 2.12 bits per heavy atom. The van der Waals surface area contributed by atoms with Crippen LogP contribution in [0.15, 0.2) is 24.3 Å². The Labute approximate surface area is 153 Å². The van der Waals surface area contributed by atoms with Gasteiger partial charge in [0.25, 0.3) is 5.91 Å². The van der Waals surface area contributed by atoms with E-state index in [9.17, 15) is 14.4 Å². The molecule has 1 saturated heterocycles. The number of amides is 4. The van der Waals surface area contributed by atoms with Crippen LogP contribution >= 0.6 is 0 Å². The van der Waals surface area contributed by atoms with Crippen LogP contribution in [0.4, 0.5) is 4.79 Å². The van der Waals surface area contributed by atoms with Crippen molar-refractivity contribution in [2.75, 3.05) is 13.7 Å². The van der Waals surface area contributed by atoms with Crippen LogP contribution in [0.25, 0.3) is 0 Å². The molecule has 2 fully saturated rings. The maximum absolute atomic E-state index is 12.9. The number of para-hydroxylation sites is 1. The molecule has 0 radical (unpaired) electrons. The molecule has 1 aromatic rings. The maximum atomic E-state index is 12.9. The van der Waals surface area contributed by atoms with Crippen LogP contribution in [0.1, 0.15) is 38.2 Å². The number of imide groups is 1. The van der Waals surface area contributed by atoms with Crippen LogP contribution < -0.4 is 15.4 Å². The Morgan fingerprint density at radius 3 is 2.85 bits per heavy atom. The minimum atomic E-state index is -0.835.